The van der Waals surface area contributed by atoms with Crippen LogP contribution in [0.25, 0.3) is 0 Å². The van der Waals surface area contributed by atoms with E-state index in [1.165, 1.54) is 10.8 Å². The number of nitrogens with one attached hydrogen (secondary N) is 2. The third kappa shape index (κ3) is 4.96. The van der Waals surface area contributed by atoms with Crippen molar-refractivity contribution < 1.29 is 8.42 Å². The summed E-state index contributed by atoms with van der Waals surface area (Å²) in [4.78, 5) is 15.4. The highest BCUT2D eigenvalue weighted by Gasteiger charge is 2.02. The van der Waals surface area contributed by atoms with E-state index in [1.54, 1.807) is 13.2 Å². The zero-order valence-electron chi connectivity index (χ0n) is 9.80. The molecule has 2 N–H and O–H groups in total. The Hall–Kier alpha value is -1.41. The monoisotopic (exact) mass is 260 g/mol. The Balaban J connectivity index is 2.37. The van der Waals surface area contributed by atoms with Crippen LogP contribution >= 0.6 is 0 Å². The van der Waals surface area contributed by atoms with Gasteiger partial charge in [0.15, 0.2) is 5.82 Å². The molecule has 8 heteroatoms. The lowest BCUT2D eigenvalue weighted by Gasteiger charge is -2.06. The van der Waals surface area contributed by atoms with Crippen molar-refractivity contribution in [3.05, 3.63) is 22.7 Å². The lowest BCUT2D eigenvalue weighted by Crippen LogP contribution is -2.26. The molecule has 1 rings (SSSR count). The van der Waals surface area contributed by atoms with E-state index in [9.17, 15) is 13.2 Å². The molecule has 0 aliphatic carbocycles. The van der Waals surface area contributed by atoms with Crippen LogP contribution in [-0.2, 0) is 17.1 Å². The van der Waals surface area contributed by atoms with Crippen molar-refractivity contribution in [2.24, 2.45) is 7.05 Å². The molecule has 0 radical (unpaired) electrons. The Bertz CT molecular complexity index is 523. The van der Waals surface area contributed by atoms with E-state index in [-0.39, 0.29) is 11.4 Å². The van der Waals surface area contributed by atoms with Gasteiger partial charge >= 0.3 is 0 Å². The molecule has 7 nitrogen and oxygen atoms in total. The number of hydrogen-bond donors (Lipinski definition) is 2. The van der Waals surface area contributed by atoms with Crippen molar-refractivity contribution in [2.45, 2.75) is 6.42 Å². The van der Waals surface area contributed by atoms with Gasteiger partial charge in [0, 0.05) is 32.5 Å². The summed E-state index contributed by atoms with van der Waals surface area (Å²) in [7, 11) is -1.50. The molecule has 0 fully saturated rings. The molecule has 0 aliphatic heterocycles. The number of nitrogens with zero attached hydrogens (tertiary/aromatic N) is 2. The van der Waals surface area contributed by atoms with E-state index in [4.69, 9.17) is 0 Å². The van der Waals surface area contributed by atoms with Crippen LogP contribution in [0.4, 0.5) is 5.82 Å². The van der Waals surface area contributed by atoms with Crippen LogP contribution in [0.15, 0.2) is 17.2 Å². The summed E-state index contributed by atoms with van der Waals surface area (Å²) in [6.07, 6.45) is 4.78. The second-order valence-corrected chi connectivity index (χ2v) is 5.47. The number of sulfonamides is 1. The van der Waals surface area contributed by atoms with Crippen molar-refractivity contribution in [2.75, 3.05) is 24.7 Å². The minimum absolute atomic E-state index is 0.205. The third-order valence-electron chi connectivity index (χ3n) is 2.03. The van der Waals surface area contributed by atoms with Crippen LogP contribution < -0.4 is 15.6 Å². The first-order chi connectivity index (χ1) is 7.90. The highest BCUT2D eigenvalue weighted by molar-refractivity contribution is 7.88. The van der Waals surface area contributed by atoms with Gasteiger partial charge in [-0.3, -0.25) is 4.79 Å². The van der Waals surface area contributed by atoms with Gasteiger partial charge in [-0.05, 0) is 6.42 Å². The summed E-state index contributed by atoms with van der Waals surface area (Å²) in [5.74, 6) is 0.273. The molecular weight excluding hydrogens is 244 g/mol. The van der Waals surface area contributed by atoms with E-state index in [2.05, 4.69) is 15.0 Å². The maximum atomic E-state index is 11.5. The topological polar surface area (TPSA) is 93.1 Å². The van der Waals surface area contributed by atoms with Gasteiger partial charge in [-0.1, -0.05) is 0 Å². The number of aromatic nitrogens is 2. The highest BCUT2D eigenvalue weighted by atomic mass is 32.2. The summed E-state index contributed by atoms with van der Waals surface area (Å²) in [6, 6.07) is 0. The second-order valence-electron chi connectivity index (χ2n) is 3.64. The number of anilines is 1. The zero-order chi connectivity index (χ0) is 12.9. The minimum atomic E-state index is -3.14. The molecule has 1 heterocycles. The Kier molecular flexibility index (Phi) is 4.64. The van der Waals surface area contributed by atoms with Gasteiger partial charge < -0.3 is 9.88 Å². The van der Waals surface area contributed by atoms with Crippen molar-refractivity contribution in [3.8, 4) is 0 Å². The fourth-order valence-electron chi connectivity index (χ4n) is 1.17. The molecule has 17 heavy (non-hydrogen) atoms. The van der Waals surface area contributed by atoms with Gasteiger partial charge in [0.05, 0.1) is 6.26 Å². The van der Waals surface area contributed by atoms with E-state index in [0.717, 1.165) is 6.26 Å². The van der Waals surface area contributed by atoms with Crippen LogP contribution in [0.1, 0.15) is 6.42 Å². The van der Waals surface area contributed by atoms with Gasteiger partial charge in [-0.15, -0.1) is 0 Å². The molecule has 0 saturated heterocycles. The van der Waals surface area contributed by atoms with Crippen molar-refractivity contribution in [1.29, 1.82) is 0 Å². The molecule has 0 amide bonds. The van der Waals surface area contributed by atoms with Crippen LogP contribution in [0, 0.1) is 0 Å². The standard InChI is InChI=1S/C9H16N4O3S/c1-13-7-6-11-8(9(13)14)10-4-3-5-12-17(2,15)16/h6-7,12H,3-5H2,1-2H3,(H,10,11). The molecule has 0 bridgehead atoms. The highest BCUT2D eigenvalue weighted by Crippen LogP contribution is 1.91. The van der Waals surface area contributed by atoms with Crippen molar-refractivity contribution in [3.63, 3.8) is 0 Å². The third-order valence-corrected chi connectivity index (χ3v) is 2.76. The van der Waals surface area contributed by atoms with E-state index < -0.39 is 10.0 Å². The summed E-state index contributed by atoms with van der Waals surface area (Å²) in [5, 5.41) is 2.86. The number of hydrogen-bond acceptors (Lipinski definition) is 5. The van der Waals surface area contributed by atoms with E-state index in [0.29, 0.717) is 19.5 Å². The average molecular weight is 260 g/mol. The summed E-state index contributed by atoms with van der Waals surface area (Å²) in [6.45, 7) is 0.813. The van der Waals surface area contributed by atoms with Gasteiger partial charge in [0.2, 0.25) is 10.0 Å². The fourth-order valence-corrected chi connectivity index (χ4v) is 1.69. The summed E-state index contributed by atoms with van der Waals surface area (Å²) >= 11 is 0. The quantitative estimate of drug-likeness (QED) is 0.649. The largest absolute Gasteiger partial charge is 0.365 e. The lowest BCUT2D eigenvalue weighted by molar-refractivity contribution is 0.586. The van der Waals surface area contributed by atoms with E-state index in [1.807, 2.05) is 0 Å². The smallest absolute Gasteiger partial charge is 0.293 e. The van der Waals surface area contributed by atoms with Crippen LogP contribution in [0.2, 0.25) is 0 Å². The normalized spacial score (nSPS) is 11.4. The van der Waals surface area contributed by atoms with Crippen molar-refractivity contribution in [1.82, 2.24) is 14.3 Å². The predicted molar refractivity (Wildman–Crippen MR) is 65.4 cm³/mol. The maximum Gasteiger partial charge on any atom is 0.293 e. The molecule has 0 aromatic carbocycles. The van der Waals surface area contributed by atoms with E-state index >= 15 is 0 Å². The molecule has 0 unspecified atom stereocenters. The Morgan fingerprint density at radius 1 is 1.41 bits per heavy atom. The molecule has 0 aliphatic rings. The second kappa shape index (κ2) is 5.78. The number of rotatable bonds is 6. The van der Waals surface area contributed by atoms with Gasteiger partial charge in [0.1, 0.15) is 0 Å². The molecular formula is C9H16N4O3S. The summed E-state index contributed by atoms with van der Waals surface area (Å²) < 4.78 is 25.3. The van der Waals surface area contributed by atoms with Crippen LogP contribution in [0.3, 0.4) is 0 Å². The number of aryl methyl sites for hydroxylation is 1. The van der Waals surface area contributed by atoms with Crippen molar-refractivity contribution >= 4 is 15.8 Å². The molecule has 0 atom stereocenters. The zero-order valence-corrected chi connectivity index (χ0v) is 10.6. The first-order valence-electron chi connectivity index (χ1n) is 5.10. The Labute approximate surface area is 99.9 Å². The SMILES string of the molecule is Cn1ccnc(NCCCNS(C)(=O)=O)c1=O. The predicted octanol–water partition coefficient (Wildman–Crippen LogP) is -0.868. The first-order valence-corrected chi connectivity index (χ1v) is 6.99. The Morgan fingerprint density at radius 3 is 2.76 bits per heavy atom. The van der Waals surface area contributed by atoms with Gasteiger partial charge in [-0.25, -0.2) is 18.1 Å². The fraction of sp³-hybridized carbons (Fsp3) is 0.556. The minimum Gasteiger partial charge on any atom is -0.365 e. The Morgan fingerprint density at radius 2 is 2.12 bits per heavy atom. The molecule has 0 saturated carbocycles. The molecule has 96 valence electrons. The van der Waals surface area contributed by atoms with Crippen LogP contribution in [-0.4, -0.2) is 37.3 Å². The molecule has 1 aromatic heterocycles. The first kappa shape index (κ1) is 13.7. The van der Waals surface area contributed by atoms with Gasteiger partial charge in [0.25, 0.3) is 5.56 Å². The average Bonchev–Trinajstić information content (AvgIpc) is 2.22. The summed E-state index contributed by atoms with van der Waals surface area (Å²) in [5.41, 5.74) is -0.205. The maximum absolute atomic E-state index is 11.5. The molecule has 1 aromatic rings. The van der Waals surface area contributed by atoms with Crippen LogP contribution in [0.5, 0.6) is 0 Å². The lowest BCUT2D eigenvalue weighted by atomic mass is 10.4. The van der Waals surface area contributed by atoms with Gasteiger partial charge in [-0.2, -0.15) is 0 Å². The molecule has 0 spiro atoms.